The average molecular weight is 256 g/mol. The van der Waals surface area contributed by atoms with E-state index < -0.39 is 0 Å². The van der Waals surface area contributed by atoms with E-state index >= 15 is 0 Å². The smallest absolute Gasteiger partial charge is 0.309 e. The quantitative estimate of drug-likeness (QED) is 0.602. The number of likely N-dealkylation sites (tertiary alicyclic amines) is 1. The maximum atomic E-state index is 11.9. The van der Waals surface area contributed by atoms with E-state index in [0.29, 0.717) is 0 Å². The largest absolute Gasteiger partial charge is 0.460 e. The van der Waals surface area contributed by atoms with E-state index in [9.17, 15) is 4.79 Å². The molecule has 0 amide bonds. The fourth-order valence-electron chi connectivity index (χ4n) is 2.26. The van der Waals surface area contributed by atoms with Gasteiger partial charge in [0.1, 0.15) is 5.60 Å². The summed E-state index contributed by atoms with van der Waals surface area (Å²) in [6.07, 6.45) is 4.11. The average Bonchev–Trinajstić information content (AvgIpc) is 2.28. The normalized spacial score (nSPS) is 18.9. The van der Waals surface area contributed by atoms with Crippen molar-refractivity contribution in [3.8, 4) is 0 Å². The van der Waals surface area contributed by atoms with Crippen LogP contribution in [0.5, 0.6) is 0 Å². The van der Waals surface area contributed by atoms with Crippen molar-refractivity contribution in [1.82, 2.24) is 4.90 Å². The third-order valence-corrected chi connectivity index (χ3v) is 3.26. The van der Waals surface area contributed by atoms with Crippen LogP contribution in [0.25, 0.3) is 0 Å². The molecule has 4 heteroatoms. The Balaban J connectivity index is 2.24. The van der Waals surface area contributed by atoms with Crippen LogP contribution in [-0.2, 0) is 9.53 Å². The Hall–Kier alpha value is -0.610. The molecule has 0 saturated carbocycles. The van der Waals surface area contributed by atoms with Gasteiger partial charge >= 0.3 is 5.97 Å². The third-order valence-electron chi connectivity index (χ3n) is 3.26. The second-order valence-corrected chi connectivity index (χ2v) is 6.15. The SMILES string of the molecule is CC(C)(C)OC(=O)C1CCN(CCCCN)CC1. The molecule has 1 aliphatic rings. The summed E-state index contributed by atoms with van der Waals surface area (Å²) in [5.74, 6) is 0.0686. The number of esters is 1. The third kappa shape index (κ3) is 5.83. The van der Waals surface area contributed by atoms with Crippen molar-refractivity contribution in [2.75, 3.05) is 26.2 Å². The first kappa shape index (κ1) is 15.4. The Morgan fingerprint density at radius 1 is 1.28 bits per heavy atom. The van der Waals surface area contributed by atoms with E-state index in [-0.39, 0.29) is 17.5 Å². The molecule has 4 nitrogen and oxygen atoms in total. The van der Waals surface area contributed by atoms with Crippen LogP contribution in [0.4, 0.5) is 0 Å². The number of nitrogens with two attached hydrogens (primary N) is 1. The molecule has 18 heavy (non-hydrogen) atoms. The summed E-state index contributed by atoms with van der Waals surface area (Å²) >= 11 is 0. The van der Waals surface area contributed by atoms with Crippen LogP contribution in [-0.4, -0.2) is 42.6 Å². The maximum absolute atomic E-state index is 11.9. The van der Waals surface area contributed by atoms with E-state index in [2.05, 4.69) is 4.90 Å². The molecule has 1 saturated heterocycles. The molecule has 1 rings (SSSR count). The molecular weight excluding hydrogens is 228 g/mol. The molecule has 0 spiro atoms. The number of carbonyl (C=O) groups excluding carboxylic acids is 1. The minimum absolute atomic E-state index is 0.0240. The van der Waals surface area contributed by atoms with Crippen LogP contribution < -0.4 is 5.73 Å². The van der Waals surface area contributed by atoms with Gasteiger partial charge in [-0.2, -0.15) is 0 Å². The number of hydrogen-bond acceptors (Lipinski definition) is 4. The van der Waals surface area contributed by atoms with Crippen LogP contribution in [0.15, 0.2) is 0 Å². The second-order valence-electron chi connectivity index (χ2n) is 6.15. The predicted octanol–water partition coefficient (Wildman–Crippen LogP) is 1.78. The molecule has 0 atom stereocenters. The van der Waals surface area contributed by atoms with Crippen LogP contribution >= 0.6 is 0 Å². The highest BCUT2D eigenvalue weighted by atomic mass is 16.6. The summed E-state index contributed by atoms with van der Waals surface area (Å²) in [6, 6.07) is 0. The molecule has 0 aromatic carbocycles. The van der Waals surface area contributed by atoms with Gasteiger partial charge in [0.15, 0.2) is 0 Å². The van der Waals surface area contributed by atoms with E-state index in [1.807, 2.05) is 20.8 Å². The minimum Gasteiger partial charge on any atom is -0.460 e. The summed E-state index contributed by atoms with van der Waals surface area (Å²) < 4.78 is 5.44. The molecule has 0 bridgehead atoms. The zero-order chi connectivity index (χ0) is 13.6. The van der Waals surface area contributed by atoms with Gasteiger partial charge in [-0.05, 0) is 72.6 Å². The van der Waals surface area contributed by atoms with Crippen LogP contribution in [0.2, 0.25) is 0 Å². The maximum Gasteiger partial charge on any atom is 0.309 e. The summed E-state index contributed by atoms with van der Waals surface area (Å²) in [5.41, 5.74) is 5.12. The predicted molar refractivity (Wildman–Crippen MR) is 73.3 cm³/mol. The molecule has 1 aliphatic heterocycles. The highest BCUT2D eigenvalue weighted by Crippen LogP contribution is 2.21. The van der Waals surface area contributed by atoms with Crippen LogP contribution in [0.3, 0.4) is 0 Å². The van der Waals surface area contributed by atoms with Gasteiger partial charge in [-0.3, -0.25) is 4.79 Å². The van der Waals surface area contributed by atoms with Gasteiger partial charge in [-0.15, -0.1) is 0 Å². The summed E-state index contributed by atoms with van der Waals surface area (Å²) in [6.45, 7) is 9.67. The van der Waals surface area contributed by atoms with Gasteiger partial charge in [-0.1, -0.05) is 0 Å². The molecule has 0 aliphatic carbocycles. The fraction of sp³-hybridized carbons (Fsp3) is 0.929. The van der Waals surface area contributed by atoms with Gasteiger partial charge < -0.3 is 15.4 Å². The number of rotatable bonds is 5. The molecule has 2 N–H and O–H groups in total. The molecule has 0 aromatic heterocycles. The van der Waals surface area contributed by atoms with Gasteiger partial charge in [0.05, 0.1) is 5.92 Å². The van der Waals surface area contributed by atoms with Crippen molar-refractivity contribution >= 4 is 5.97 Å². The first-order chi connectivity index (χ1) is 8.42. The van der Waals surface area contributed by atoms with Crippen molar-refractivity contribution in [2.45, 2.75) is 52.1 Å². The number of unbranched alkanes of at least 4 members (excludes halogenated alkanes) is 1. The summed E-state index contributed by atoms with van der Waals surface area (Å²) in [5, 5.41) is 0. The van der Waals surface area contributed by atoms with Crippen LogP contribution in [0, 0.1) is 5.92 Å². The van der Waals surface area contributed by atoms with Crippen LogP contribution in [0.1, 0.15) is 46.5 Å². The Bertz CT molecular complexity index is 253. The first-order valence-electron chi connectivity index (χ1n) is 7.07. The standard InChI is InChI=1S/C14H28N2O2/c1-14(2,3)18-13(17)12-6-10-16(11-7-12)9-5-4-8-15/h12H,4-11,15H2,1-3H3. The Morgan fingerprint density at radius 2 is 1.89 bits per heavy atom. The molecule has 106 valence electrons. The number of hydrogen-bond donors (Lipinski definition) is 1. The number of ether oxygens (including phenoxy) is 1. The lowest BCUT2D eigenvalue weighted by Gasteiger charge is -2.32. The zero-order valence-electron chi connectivity index (χ0n) is 12.1. The Labute approximate surface area is 111 Å². The summed E-state index contributed by atoms with van der Waals surface area (Å²) in [4.78, 5) is 14.4. The van der Waals surface area contributed by atoms with E-state index in [1.54, 1.807) is 0 Å². The van der Waals surface area contributed by atoms with Crippen molar-refractivity contribution < 1.29 is 9.53 Å². The highest BCUT2D eigenvalue weighted by Gasteiger charge is 2.28. The van der Waals surface area contributed by atoms with Crippen molar-refractivity contribution in [1.29, 1.82) is 0 Å². The highest BCUT2D eigenvalue weighted by molar-refractivity contribution is 5.73. The second kappa shape index (κ2) is 7.10. The Morgan fingerprint density at radius 3 is 2.39 bits per heavy atom. The lowest BCUT2D eigenvalue weighted by molar-refractivity contribution is -0.161. The molecule has 0 aromatic rings. The summed E-state index contributed by atoms with van der Waals surface area (Å²) in [7, 11) is 0. The van der Waals surface area contributed by atoms with Crippen molar-refractivity contribution in [2.24, 2.45) is 11.7 Å². The fourth-order valence-corrected chi connectivity index (χ4v) is 2.26. The van der Waals surface area contributed by atoms with Gasteiger partial charge in [0.2, 0.25) is 0 Å². The first-order valence-corrected chi connectivity index (χ1v) is 7.07. The monoisotopic (exact) mass is 256 g/mol. The topological polar surface area (TPSA) is 55.6 Å². The number of carbonyl (C=O) groups is 1. The minimum atomic E-state index is -0.366. The Kier molecular flexibility index (Phi) is 6.09. The lowest BCUT2D eigenvalue weighted by Crippen LogP contribution is -2.39. The molecule has 0 radical (unpaired) electrons. The zero-order valence-corrected chi connectivity index (χ0v) is 12.1. The molecule has 1 fully saturated rings. The molecular formula is C14H28N2O2. The number of nitrogens with zero attached hydrogens (tertiary/aromatic N) is 1. The van der Waals surface area contributed by atoms with Gasteiger partial charge in [0.25, 0.3) is 0 Å². The van der Waals surface area contributed by atoms with E-state index in [1.165, 1.54) is 0 Å². The number of piperidine rings is 1. The molecule has 1 heterocycles. The van der Waals surface area contributed by atoms with Gasteiger partial charge in [0, 0.05) is 0 Å². The van der Waals surface area contributed by atoms with E-state index in [0.717, 1.165) is 51.9 Å². The van der Waals surface area contributed by atoms with Gasteiger partial charge in [-0.25, -0.2) is 0 Å². The van der Waals surface area contributed by atoms with Crippen molar-refractivity contribution in [3.63, 3.8) is 0 Å². The lowest BCUT2D eigenvalue weighted by atomic mass is 9.96. The molecule has 0 unspecified atom stereocenters. The van der Waals surface area contributed by atoms with E-state index in [4.69, 9.17) is 10.5 Å². The van der Waals surface area contributed by atoms with Crippen molar-refractivity contribution in [3.05, 3.63) is 0 Å².